The van der Waals surface area contributed by atoms with Crippen LogP contribution in [-0.4, -0.2) is 25.7 Å². The lowest BCUT2D eigenvalue weighted by atomic mass is 10.2. The number of anilines is 1. The second kappa shape index (κ2) is 7.77. The molecule has 0 fully saturated rings. The van der Waals surface area contributed by atoms with Gasteiger partial charge in [0.15, 0.2) is 5.65 Å². The number of hydrogen-bond donors (Lipinski definition) is 1. The molecule has 0 spiro atoms. The molecule has 4 rings (SSSR count). The number of fused-ring (bicyclic) bond motifs is 1. The molecule has 146 valence electrons. The number of aryl methyl sites for hydroxylation is 1. The van der Waals surface area contributed by atoms with Crippen LogP contribution in [0, 0.1) is 12.7 Å². The Morgan fingerprint density at radius 3 is 2.55 bits per heavy atom. The van der Waals surface area contributed by atoms with Gasteiger partial charge in [-0.1, -0.05) is 23.2 Å². The fraction of sp³-hybridized carbons (Fsp3) is 0.100. The molecule has 0 aliphatic rings. The Bertz CT molecular complexity index is 1210. The third kappa shape index (κ3) is 3.92. The summed E-state index contributed by atoms with van der Waals surface area (Å²) in [7, 11) is 0. The van der Waals surface area contributed by atoms with Crippen LogP contribution in [0.25, 0.3) is 11.0 Å². The SMILES string of the molecule is Cc1nn(Cc2ccc(F)cn2)c2ncc(C(=O)Nc3ccc(Cl)cc3)c(Cl)c12. The van der Waals surface area contributed by atoms with Gasteiger partial charge in [-0.05, 0) is 43.3 Å². The Morgan fingerprint density at radius 1 is 1.10 bits per heavy atom. The molecule has 29 heavy (non-hydrogen) atoms. The summed E-state index contributed by atoms with van der Waals surface area (Å²) < 4.78 is 14.7. The molecule has 0 bridgehead atoms. The number of nitrogens with zero attached hydrogens (tertiary/aromatic N) is 4. The summed E-state index contributed by atoms with van der Waals surface area (Å²) in [5.41, 5.74) is 2.59. The van der Waals surface area contributed by atoms with Crippen molar-refractivity contribution in [2.45, 2.75) is 13.5 Å². The first-order valence-corrected chi connectivity index (χ1v) is 9.37. The normalized spacial score (nSPS) is 11.0. The van der Waals surface area contributed by atoms with Crippen molar-refractivity contribution in [1.82, 2.24) is 19.7 Å². The number of rotatable bonds is 4. The van der Waals surface area contributed by atoms with Crippen LogP contribution in [0.1, 0.15) is 21.7 Å². The van der Waals surface area contributed by atoms with Crippen LogP contribution in [0.15, 0.2) is 48.8 Å². The predicted molar refractivity (Wildman–Crippen MR) is 110 cm³/mol. The first kappa shape index (κ1) is 19.3. The van der Waals surface area contributed by atoms with Crippen LogP contribution in [0.3, 0.4) is 0 Å². The summed E-state index contributed by atoms with van der Waals surface area (Å²) in [6.45, 7) is 2.08. The lowest BCUT2D eigenvalue weighted by Crippen LogP contribution is -2.13. The minimum Gasteiger partial charge on any atom is -0.322 e. The van der Waals surface area contributed by atoms with Crippen LogP contribution in [0.4, 0.5) is 10.1 Å². The van der Waals surface area contributed by atoms with Crippen molar-refractivity contribution in [3.8, 4) is 0 Å². The highest BCUT2D eigenvalue weighted by atomic mass is 35.5. The van der Waals surface area contributed by atoms with Crippen molar-refractivity contribution in [1.29, 1.82) is 0 Å². The van der Waals surface area contributed by atoms with Gasteiger partial charge >= 0.3 is 0 Å². The highest BCUT2D eigenvalue weighted by Crippen LogP contribution is 2.29. The van der Waals surface area contributed by atoms with E-state index in [0.717, 1.165) is 6.20 Å². The highest BCUT2D eigenvalue weighted by molar-refractivity contribution is 6.39. The van der Waals surface area contributed by atoms with Crippen LogP contribution >= 0.6 is 23.2 Å². The Morgan fingerprint density at radius 2 is 1.86 bits per heavy atom. The maximum Gasteiger partial charge on any atom is 0.258 e. The molecule has 0 saturated heterocycles. The molecule has 6 nitrogen and oxygen atoms in total. The fourth-order valence-electron chi connectivity index (χ4n) is 2.93. The molecule has 0 aliphatic heterocycles. The summed E-state index contributed by atoms with van der Waals surface area (Å²) in [5.74, 6) is -0.799. The minimum atomic E-state index is -0.409. The first-order chi connectivity index (χ1) is 13.9. The van der Waals surface area contributed by atoms with E-state index in [-0.39, 0.29) is 16.5 Å². The zero-order valence-corrected chi connectivity index (χ0v) is 16.7. The van der Waals surface area contributed by atoms with E-state index in [1.165, 1.54) is 12.3 Å². The van der Waals surface area contributed by atoms with Gasteiger partial charge in [-0.15, -0.1) is 0 Å². The molecule has 4 aromatic rings. The number of aromatic nitrogens is 4. The molecule has 0 atom stereocenters. The van der Waals surface area contributed by atoms with Gasteiger partial charge in [-0.3, -0.25) is 9.78 Å². The summed E-state index contributed by atoms with van der Waals surface area (Å²) in [6.07, 6.45) is 2.55. The largest absolute Gasteiger partial charge is 0.322 e. The number of carbonyl (C=O) groups excluding carboxylic acids is 1. The van der Waals surface area contributed by atoms with Crippen LogP contribution in [0.5, 0.6) is 0 Å². The zero-order chi connectivity index (χ0) is 20.5. The number of halogens is 3. The standard InChI is InChI=1S/C20H14Cl2FN5O/c1-11-17-18(22)16(20(29)26-14-5-2-12(21)3-6-14)9-25-19(17)28(27-11)10-15-7-4-13(23)8-24-15/h2-9H,10H2,1H3,(H,26,29). The van der Waals surface area contributed by atoms with Crippen molar-refractivity contribution in [2.75, 3.05) is 5.32 Å². The second-order valence-electron chi connectivity index (χ2n) is 6.36. The van der Waals surface area contributed by atoms with Crippen molar-refractivity contribution in [3.05, 3.63) is 81.6 Å². The first-order valence-electron chi connectivity index (χ1n) is 8.61. The van der Waals surface area contributed by atoms with Crippen molar-refractivity contribution in [2.24, 2.45) is 0 Å². The maximum absolute atomic E-state index is 13.1. The third-order valence-corrected chi connectivity index (χ3v) is 4.96. The van der Waals surface area contributed by atoms with Crippen LogP contribution in [-0.2, 0) is 6.54 Å². The molecule has 9 heteroatoms. The van der Waals surface area contributed by atoms with E-state index >= 15 is 0 Å². The maximum atomic E-state index is 13.1. The lowest BCUT2D eigenvalue weighted by molar-refractivity contribution is 0.102. The van der Waals surface area contributed by atoms with Gasteiger partial charge < -0.3 is 5.32 Å². The number of hydrogen-bond acceptors (Lipinski definition) is 4. The van der Waals surface area contributed by atoms with Crippen LogP contribution < -0.4 is 5.32 Å². The monoisotopic (exact) mass is 429 g/mol. The van der Waals surface area contributed by atoms with E-state index in [2.05, 4.69) is 20.4 Å². The van der Waals surface area contributed by atoms with Crippen LogP contribution in [0.2, 0.25) is 10.0 Å². The van der Waals surface area contributed by atoms with Crippen molar-refractivity contribution >= 4 is 45.8 Å². The molecule has 1 amide bonds. The lowest BCUT2D eigenvalue weighted by Gasteiger charge is -2.08. The topological polar surface area (TPSA) is 72.7 Å². The smallest absolute Gasteiger partial charge is 0.258 e. The minimum absolute atomic E-state index is 0.233. The third-order valence-electron chi connectivity index (χ3n) is 4.32. The van der Waals surface area contributed by atoms with E-state index in [1.807, 2.05) is 0 Å². The fourth-order valence-corrected chi connectivity index (χ4v) is 3.41. The summed E-state index contributed by atoms with van der Waals surface area (Å²) in [6, 6.07) is 9.65. The molecular formula is C20H14Cl2FN5O. The summed E-state index contributed by atoms with van der Waals surface area (Å²) >= 11 is 12.4. The molecule has 0 aliphatic carbocycles. The predicted octanol–water partition coefficient (Wildman–Crippen LogP) is 4.88. The Hall–Kier alpha value is -3.03. The van der Waals surface area contributed by atoms with E-state index in [1.54, 1.807) is 41.9 Å². The number of carbonyl (C=O) groups is 1. The van der Waals surface area contributed by atoms with E-state index in [4.69, 9.17) is 23.2 Å². The molecule has 3 aromatic heterocycles. The summed E-state index contributed by atoms with van der Waals surface area (Å²) in [5, 5.41) is 8.63. The van der Waals surface area contributed by atoms with E-state index in [9.17, 15) is 9.18 Å². The van der Waals surface area contributed by atoms with Crippen molar-refractivity contribution in [3.63, 3.8) is 0 Å². The second-order valence-corrected chi connectivity index (χ2v) is 7.17. The Kier molecular flexibility index (Phi) is 5.17. The van der Waals surface area contributed by atoms with E-state index < -0.39 is 5.82 Å². The van der Waals surface area contributed by atoms with Crippen molar-refractivity contribution < 1.29 is 9.18 Å². The Balaban J connectivity index is 1.66. The highest BCUT2D eigenvalue weighted by Gasteiger charge is 2.20. The van der Waals surface area contributed by atoms with Gasteiger partial charge in [0, 0.05) is 16.9 Å². The number of amides is 1. The van der Waals surface area contributed by atoms with Gasteiger partial charge in [0.05, 0.1) is 40.1 Å². The average Bonchev–Trinajstić information content (AvgIpc) is 3.02. The molecule has 1 N–H and O–H groups in total. The number of nitrogens with one attached hydrogen (secondary N) is 1. The molecule has 0 unspecified atom stereocenters. The molecule has 1 aromatic carbocycles. The number of pyridine rings is 2. The quantitative estimate of drug-likeness (QED) is 0.501. The van der Waals surface area contributed by atoms with E-state index in [0.29, 0.717) is 39.7 Å². The van der Waals surface area contributed by atoms with Gasteiger partial charge in [0.2, 0.25) is 0 Å². The van der Waals surface area contributed by atoms with Gasteiger partial charge in [-0.25, -0.2) is 14.1 Å². The average molecular weight is 430 g/mol. The summed E-state index contributed by atoms with van der Waals surface area (Å²) in [4.78, 5) is 21.1. The van der Waals surface area contributed by atoms with Gasteiger partial charge in [0.1, 0.15) is 5.82 Å². The number of benzene rings is 1. The molecule has 3 heterocycles. The zero-order valence-electron chi connectivity index (χ0n) is 15.2. The van der Waals surface area contributed by atoms with Gasteiger partial charge in [-0.2, -0.15) is 5.10 Å². The molecule has 0 saturated carbocycles. The van der Waals surface area contributed by atoms with Gasteiger partial charge in [0.25, 0.3) is 5.91 Å². The molecular weight excluding hydrogens is 416 g/mol. The Labute approximate surface area is 175 Å². The molecule has 0 radical (unpaired) electrons.